The lowest BCUT2D eigenvalue weighted by atomic mass is 10.0. The van der Waals surface area contributed by atoms with Crippen molar-refractivity contribution in [2.24, 2.45) is 0 Å². The molecule has 0 radical (unpaired) electrons. The average Bonchev–Trinajstić information content (AvgIpc) is 2.99. The summed E-state index contributed by atoms with van der Waals surface area (Å²) in [7, 11) is 0. The van der Waals surface area contributed by atoms with Gasteiger partial charge < -0.3 is 9.73 Å². The standard InChI is InChI=1S/C18H15F3N2O2/c1-10-7-8-15(25-10)11(2)23-17(24)13-9-22-14-6-4-3-5-12(14)16(13)18(19,20)21/h3-9,11H,1-2H3,(H,23,24). The maximum atomic E-state index is 13.6. The van der Waals surface area contributed by atoms with Gasteiger partial charge in [0, 0.05) is 11.6 Å². The van der Waals surface area contributed by atoms with Crippen molar-refractivity contribution >= 4 is 16.8 Å². The summed E-state index contributed by atoms with van der Waals surface area (Å²) in [6.45, 7) is 3.38. The number of para-hydroxylation sites is 1. The SMILES string of the molecule is Cc1ccc(C(C)NC(=O)c2cnc3ccccc3c2C(F)(F)F)o1. The van der Waals surface area contributed by atoms with Crippen molar-refractivity contribution in [1.82, 2.24) is 10.3 Å². The molecule has 1 unspecified atom stereocenters. The Morgan fingerprint density at radius 3 is 2.56 bits per heavy atom. The van der Waals surface area contributed by atoms with E-state index in [1.807, 2.05) is 0 Å². The molecule has 3 rings (SSSR count). The first-order chi connectivity index (χ1) is 11.8. The highest BCUT2D eigenvalue weighted by atomic mass is 19.4. The van der Waals surface area contributed by atoms with E-state index in [2.05, 4.69) is 10.3 Å². The number of pyridine rings is 1. The van der Waals surface area contributed by atoms with Crippen molar-refractivity contribution in [3.8, 4) is 0 Å². The zero-order valence-electron chi connectivity index (χ0n) is 13.5. The van der Waals surface area contributed by atoms with Gasteiger partial charge in [-0.05, 0) is 32.0 Å². The van der Waals surface area contributed by atoms with Crippen LogP contribution in [0.5, 0.6) is 0 Å². The number of amides is 1. The predicted molar refractivity (Wildman–Crippen MR) is 86.1 cm³/mol. The van der Waals surface area contributed by atoms with Gasteiger partial charge in [0.15, 0.2) is 0 Å². The van der Waals surface area contributed by atoms with Crippen molar-refractivity contribution in [3.05, 3.63) is 65.2 Å². The zero-order valence-corrected chi connectivity index (χ0v) is 13.5. The third-order valence-electron chi connectivity index (χ3n) is 3.84. The minimum Gasteiger partial charge on any atom is -0.464 e. The molecule has 1 atom stereocenters. The molecular formula is C18H15F3N2O2. The van der Waals surface area contributed by atoms with E-state index in [4.69, 9.17) is 4.42 Å². The number of halogens is 3. The second-order valence-corrected chi connectivity index (χ2v) is 5.71. The summed E-state index contributed by atoms with van der Waals surface area (Å²) < 4.78 is 46.1. The molecule has 0 aliphatic heterocycles. The molecule has 0 aliphatic carbocycles. The molecule has 2 heterocycles. The number of nitrogens with one attached hydrogen (secondary N) is 1. The minimum absolute atomic E-state index is 0.107. The maximum Gasteiger partial charge on any atom is 0.417 e. The topological polar surface area (TPSA) is 55.1 Å². The van der Waals surface area contributed by atoms with E-state index in [-0.39, 0.29) is 10.9 Å². The van der Waals surface area contributed by atoms with Gasteiger partial charge in [0.05, 0.1) is 22.7 Å². The van der Waals surface area contributed by atoms with Crippen molar-refractivity contribution in [3.63, 3.8) is 0 Å². The first kappa shape index (κ1) is 17.0. The molecule has 1 aromatic carbocycles. The van der Waals surface area contributed by atoms with Gasteiger partial charge in [-0.2, -0.15) is 13.2 Å². The molecule has 130 valence electrons. The average molecular weight is 348 g/mol. The van der Waals surface area contributed by atoms with Crippen molar-refractivity contribution in [2.45, 2.75) is 26.1 Å². The van der Waals surface area contributed by atoms with Gasteiger partial charge in [0.2, 0.25) is 0 Å². The largest absolute Gasteiger partial charge is 0.464 e. The van der Waals surface area contributed by atoms with Crippen molar-refractivity contribution in [2.75, 3.05) is 0 Å². The van der Waals surface area contributed by atoms with Gasteiger partial charge >= 0.3 is 6.18 Å². The maximum absolute atomic E-state index is 13.6. The lowest BCUT2D eigenvalue weighted by Gasteiger charge is -2.17. The Labute approximate surface area is 141 Å². The summed E-state index contributed by atoms with van der Waals surface area (Å²) in [6.07, 6.45) is -3.72. The highest BCUT2D eigenvalue weighted by molar-refractivity contribution is 6.00. The van der Waals surface area contributed by atoms with Crippen molar-refractivity contribution < 1.29 is 22.4 Å². The van der Waals surface area contributed by atoms with E-state index in [1.165, 1.54) is 18.2 Å². The molecule has 0 bridgehead atoms. The number of rotatable bonds is 3. The second-order valence-electron chi connectivity index (χ2n) is 5.71. The molecule has 0 aliphatic rings. The Balaban J connectivity index is 2.01. The smallest absolute Gasteiger partial charge is 0.417 e. The fourth-order valence-electron chi connectivity index (χ4n) is 2.65. The van der Waals surface area contributed by atoms with Crippen LogP contribution < -0.4 is 5.32 Å². The van der Waals surface area contributed by atoms with Gasteiger partial charge in [-0.15, -0.1) is 0 Å². The molecule has 7 heteroatoms. The van der Waals surface area contributed by atoms with E-state index >= 15 is 0 Å². The number of hydrogen-bond acceptors (Lipinski definition) is 3. The highest BCUT2D eigenvalue weighted by Gasteiger charge is 2.38. The highest BCUT2D eigenvalue weighted by Crippen LogP contribution is 2.36. The number of aromatic nitrogens is 1. The molecule has 0 spiro atoms. The summed E-state index contributed by atoms with van der Waals surface area (Å²) in [6, 6.07) is 8.67. The monoisotopic (exact) mass is 348 g/mol. The Bertz CT molecular complexity index is 931. The van der Waals surface area contributed by atoms with Crippen LogP contribution >= 0.6 is 0 Å². The second kappa shape index (κ2) is 6.23. The first-order valence-corrected chi connectivity index (χ1v) is 7.59. The number of carbonyl (C=O) groups is 1. The zero-order chi connectivity index (χ0) is 18.2. The van der Waals surface area contributed by atoms with Gasteiger partial charge in [-0.3, -0.25) is 9.78 Å². The number of alkyl halides is 3. The fourth-order valence-corrected chi connectivity index (χ4v) is 2.65. The Kier molecular flexibility index (Phi) is 4.24. The number of nitrogens with zero attached hydrogens (tertiary/aromatic N) is 1. The van der Waals surface area contributed by atoms with Crippen LogP contribution in [0.2, 0.25) is 0 Å². The minimum atomic E-state index is -4.68. The summed E-state index contributed by atoms with van der Waals surface area (Å²) >= 11 is 0. The summed E-state index contributed by atoms with van der Waals surface area (Å²) in [5.41, 5.74) is -1.32. The number of furan rings is 1. The van der Waals surface area contributed by atoms with Crippen LogP contribution in [0.4, 0.5) is 13.2 Å². The Morgan fingerprint density at radius 1 is 1.20 bits per heavy atom. The first-order valence-electron chi connectivity index (χ1n) is 7.59. The molecule has 3 aromatic rings. The molecule has 2 aromatic heterocycles. The molecule has 0 fully saturated rings. The van der Waals surface area contributed by atoms with Gasteiger partial charge in [0.25, 0.3) is 5.91 Å². The van der Waals surface area contributed by atoms with Crippen molar-refractivity contribution in [1.29, 1.82) is 0 Å². The van der Waals surface area contributed by atoms with E-state index in [0.717, 1.165) is 6.20 Å². The summed E-state index contributed by atoms with van der Waals surface area (Å²) in [5.74, 6) is 0.264. The summed E-state index contributed by atoms with van der Waals surface area (Å²) in [5, 5.41) is 2.42. The number of aryl methyl sites for hydroxylation is 1. The van der Waals surface area contributed by atoms with Crippen LogP contribution in [0.1, 0.15) is 40.4 Å². The Hall–Kier alpha value is -2.83. The van der Waals surface area contributed by atoms with E-state index in [1.54, 1.807) is 32.0 Å². The quantitative estimate of drug-likeness (QED) is 0.750. The van der Waals surface area contributed by atoms with Crippen LogP contribution in [0.3, 0.4) is 0 Å². The van der Waals surface area contributed by atoms with E-state index in [9.17, 15) is 18.0 Å². The summed E-state index contributed by atoms with van der Waals surface area (Å²) in [4.78, 5) is 16.4. The van der Waals surface area contributed by atoms with Crippen LogP contribution in [0, 0.1) is 6.92 Å². The van der Waals surface area contributed by atoms with Crippen LogP contribution in [-0.4, -0.2) is 10.9 Å². The lowest BCUT2D eigenvalue weighted by molar-refractivity contribution is -0.136. The molecule has 0 saturated heterocycles. The molecular weight excluding hydrogens is 333 g/mol. The number of fused-ring (bicyclic) bond motifs is 1. The van der Waals surface area contributed by atoms with Gasteiger partial charge in [-0.1, -0.05) is 18.2 Å². The van der Waals surface area contributed by atoms with E-state index < -0.39 is 29.3 Å². The molecule has 25 heavy (non-hydrogen) atoms. The van der Waals surface area contributed by atoms with Crippen LogP contribution in [0.15, 0.2) is 47.0 Å². The van der Waals surface area contributed by atoms with Crippen LogP contribution in [0.25, 0.3) is 10.9 Å². The number of hydrogen-bond donors (Lipinski definition) is 1. The number of carbonyl (C=O) groups excluding carboxylic acids is 1. The number of benzene rings is 1. The normalized spacial score (nSPS) is 13.0. The fraction of sp³-hybridized carbons (Fsp3) is 0.222. The van der Waals surface area contributed by atoms with E-state index in [0.29, 0.717) is 11.5 Å². The third kappa shape index (κ3) is 3.35. The molecule has 0 saturated carbocycles. The Morgan fingerprint density at radius 2 is 1.92 bits per heavy atom. The lowest BCUT2D eigenvalue weighted by Crippen LogP contribution is -2.29. The van der Waals surface area contributed by atoms with Gasteiger partial charge in [0.1, 0.15) is 11.5 Å². The third-order valence-corrected chi connectivity index (χ3v) is 3.84. The molecule has 4 nitrogen and oxygen atoms in total. The molecule has 1 amide bonds. The predicted octanol–water partition coefficient (Wildman–Crippen LogP) is 4.65. The van der Waals surface area contributed by atoms with Gasteiger partial charge in [-0.25, -0.2) is 0 Å². The van der Waals surface area contributed by atoms with Crippen LogP contribution in [-0.2, 0) is 6.18 Å². The molecule has 1 N–H and O–H groups in total.